The normalized spacial score (nSPS) is 18.9. The Labute approximate surface area is 126 Å². The molecule has 0 aliphatic heterocycles. The van der Waals surface area contributed by atoms with Crippen LogP contribution in [0.3, 0.4) is 0 Å². The summed E-state index contributed by atoms with van der Waals surface area (Å²) in [6, 6.07) is 0. The average Bonchev–Trinajstić information content (AvgIpc) is 2.37. The first kappa shape index (κ1) is 19.8. The van der Waals surface area contributed by atoms with Crippen LogP contribution in [0.25, 0.3) is 0 Å². The van der Waals surface area contributed by atoms with Gasteiger partial charge in [-0.05, 0) is 39.5 Å². The molecular formula is C12H27O4PS2. The molecule has 0 spiro atoms. The summed E-state index contributed by atoms with van der Waals surface area (Å²) in [6.45, 7) is 7.24. The summed E-state index contributed by atoms with van der Waals surface area (Å²) in [5, 5.41) is 0. The zero-order chi connectivity index (χ0) is 14.7. The molecule has 0 aromatic heterocycles. The van der Waals surface area contributed by atoms with Gasteiger partial charge in [0.25, 0.3) is 0 Å². The fourth-order valence-electron chi connectivity index (χ4n) is 1.35. The lowest BCUT2D eigenvalue weighted by Crippen LogP contribution is -2.02. The van der Waals surface area contributed by atoms with E-state index in [1.165, 1.54) is 38.5 Å². The van der Waals surface area contributed by atoms with Gasteiger partial charge in [-0.3, -0.25) is 0 Å². The maximum absolute atomic E-state index is 9.43. The van der Waals surface area contributed by atoms with Gasteiger partial charge in [0.05, 0.1) is 23.9 Å². The van der Waals surface area contributed by atoms with E-state index < -0.39 is 5.69 Å². The molecule has 0 amide bonds. The van der Waals surface area contributed by atoms with E-state index in [0.717, 1.165) is 11.7 Å². The van der Waals surface area contributed by atoms with Gasteiger partial charge in [0.1, 0.15) is 0 Å². The van der Waals surface area contributed by atoms with Crippen molar-refractivity contribution in [1.29, 1.82) is 0 Å². The van der Waals surface area contributed by atoms with Gasteiger partial charge in [0.15, 0.2) is 0 Å². The first-order valence-corrected chi connectivity index (χ1v) is 10.9. The quantitative estimate of drug-likeness (QED) is 0.321. The molecule has 116 valence electrons. The van der Waals surface area contributed by atoms with Crippen molar-refractivity contribution < 1.29 is 18.6 Å². The summed E-state index contributed by atoms with van der Waals surface area (Å²) >= 11 is 5.50. The molecule has 0 heterocycles. The van der Waals surface area contributed by atoms with Crippen molar-refractivity contribution in [2.75, 3.05) is 0 Å². The number of hydrogen-bond acceptors (Lipinski definition) is 5. The van der Waals surface area contributed by atoms with Crippen molar-refractivity contribution in [3.63, 3.8) is 0 Å². The monoisotopic (exact) mass is 330 g/mol. The van der Waals surface area contributed by atoms with Crippen LogP contribution in [0.1, 0.15) is 66.2 Å². The summed E-state index contributed by atoms with van der Waals surface area (Å²) < 4.78 is 9.71. The topological polar surface area (TPSA) is 47.9 Å². The SMILES string of the molecule is C1CCCCC1.CC(C)OOP(O)(=S)SOC(C)C. The van der Waals surface area contributed by atoms with Crippen LogP contribution < -0.4 is 0 Å². The minimum Gasteiger partial charge on any atom is -0.334 e. The molecule has 19 heavy (non-hydrogen) atoms. The number of hydrogen-bond donors (Lipinski definition) is 1. The van der Waals surface area contributed by atoms with Crippen LogP contribution in [0.5, 0.6) is 0 Å². The lowest BCUT2D eigenvalue weighted by molar-refractivity contribution is -0.232. The zero-order valence-corrected chi connectivity index (χ0v) is 14.9. The predicted molar refractivity (Wildman–Crippen MR) is 85.3 cm³/mol. The highest BCUT2D eigenvalue weighted by atomic mass is 32.9. The molecule has 0 saturated heterocycles. The zero-order valence-electron chi connectivity index (χ0n) is 12.3. The molecule has 1 unspecified atom stereocenters. The molecule has 4 nitrogen and oxygen atoms in total. The summed E-state index contributed by atoms with van der Waals surface area (Å²) in [7, 11) is 0. The van der Waals surface area contributed by atoms with Gasteiger partial charge in [0, 0.05) is 0 Å². The van der Waals surface area contributed by atoms with Gasteiger partial charge in [-0.2, -0.15) is 4.67 Å². The van der Waals surface area contributed by atoms with Gasteiger partial charge < -0.3 is 9.08 Å². The predicted octanol–water partition coefficient (Wildman–Crippen LogP) is 4.97. The van der Waals surface area contributed by atoms with Crippen LogP contribution in [0.4, 0.5) is 0 Å². The minimum atomic E-state index is -2.99. The van der Waals surface area contributed by atoms with Crippen molar-refractivity contribution >= 4 is 29.2 Å². The molecule has 1 aliphatic carbocycles. The minimum absolute atomic E-state index is 0.0119. The van der Waals surface area contributed by atoms with Gasteiger partial charge in [-0.15, -0.1) is 0 Å². The van der Waals surface area contributed by atoms with Crippen molar-refractivity contribution in [1.82, 2.24) is 0 Å². The van der Waals surface area contributed by atoms with Crippen LogP contribution in [0.15, 0.2) is 0 Å². The molecule has 0 aromatic rings. The van der Waals surface area contributed by atoms with E-state index in [-0.39, 0.29) is 12.2 Å². The van der Waals surface area contributed by atoms with Gasteiger partial charge in [-0.25, -0.2) is 4.89 Å². The Morgan fingerprint density at radius 1 is 0.947 bits per heavy atom. The fourth-order valence-corrected chi connectivity index (χ4v) is 3.38. The molecule has 1 atom stereocenters. The summed E-state index contributed by atoms with van der Waals surface area (Å²) in [5.74, 6) is 0. The van der Waals surface area contributed by atoms with E-state index >= 15 is 0 Å². The Morgan fingerprint density at radius 3 is 1.68 bits per heavy atom. The van der Waals surface area contributed by atoms with Crippen LogP contribution in [0.2, 0.25) is 0 Å². The summed E-state index contributed by atoms with van der Waals surface area (Å²) in [4.78, 5) is 14.2. The van der Waals surface area contributed by atoms with E-state index in [0.29, 0.717) is 0 Å². The molecule has 0 bridgehead atoms. The highest BCUT2D eigenvalue weighted by Crippen LogP contribution is 2.57. The standard InChI is InChI=1S/C6H15O4PS2.C6H12/c1-5(2)8-10-11(7,12)13-9-6(3)4;1-2-4-6-5-3-1/h5-6H,1-4H3,(H,7,12);1-6H2. The van der Waals surface area contributed by atoms with Crippen LogP contribution >= 0.6 is 17.4 Å². The first-order valence-electron chi connectivity index (χ1n) is 6.86. The van der Waals surface area contributed by atoms with Crippen molar-refractivity contribution in [3.8, 4) is 0 Å². The number of rotatable bonds is 6. The third-order valence-electron chi connectivity index (χ3n) is 2.16. The van der Waals surface area contributed by atoms with Crippen molar-refractivity contribution in [2.45, 2.75) is 78.4 Å². The first-order chi connectivity index (χ1) is 8.83. The van der Waals surface area contributed by atoms with E-state index in [1.54, 1.807) is 13.8 Å². The van der Waals surface area contributed by atoms with E-state index in [1.807, 2.05) is 13.8 Å². The highest BCUT2D eigenvalue weighted by Gasteiger charge is 2.19. The maximum atomic E-state index is 9.43. The van der Waals surface area contributed by atoms with Gasteiger partial charge in [-0.1, -0.05) is 38.5 Å². The third-order valence-corrected chi connectivity index (χ3v) is 4.83. The molecule has 0 radical (unpaired) electrons. The van der Waals surface area contributed by atoms with E-state index in [9.17, 15) is 4.89 Å². The smallest absolute Gasteiger partial charge is 0.302 e. The van der Waals surface area contributed by atoms with Gasteiger partial charge >= 0.3 is 5.69 Å². The lowest BCUT2D eigenvalue weighted by Gasteiger charge is -2.15. The largest absolute Gasteiger partial charge is 0.334 e. The van der Waals surface area contributed by atoms with Crippen LogP contribution in [0, 0.1) is 0 Å². The van der Waals surface area contributed by atoms with Crippen LogP contribution in [-0.4, -0.2) is 17.1 Å². The lowest BCUT2D eigenvalue weighted by atomic mass is 10.0. The summed E-state index contributed by atoms with van der Waals surface area (Å²) in [6.07, 6.45) is 8.86. The molecule has 1 saturated carbocycles. The Kier molecular flexibility index (Phi) is 12.0. The van der Waals surface area contributed by atoms with E-state index in [4.69, 9.17) is 20.9 Å². The van der Waals surface area contributed by atoms with Gasteiger partial charge in [0.2, 0.25) is 0 Å². The highest BCUT2D eigenvalue weighted by molar-refractivity contribution is 8.65. The Bertz CT molecular complexity index is 231. The Balaban J connectivity index is 0.000000443. The molecule has 1 aliphatic rings. The van der Waals surface area contributed by atoms with E-state index in [2.05, 4.69) is 4.67 Å². The molecule has 0 aromatic carbocycles. The van der Waals surface area contributed by atoms with Crippen LogP contribution in [-0.2, 0) is 25.6 Å². The third kappa shape index (κ3) is 15.1. The average molecular weight is 330 g/mol. The second-order valence-corrected chi connectivity index (χ2v) is 10.6. The second kappa shape index (κ2) is 11.5. The van der Waals surface area contributed by atoms with Crippen molar-refractivity contribution in [3.05, 3.63) is 0 Å². The molecule has 1 N–H and O–H groups in total. The molecule has 1 rings (SSSR count). The summed E-state index contributed by atoms with van der Waals surface area (Å²) in [5.41, 5.74) is -2.99. The Hall–Kier alpha value is 0.840. The fraction of sp³-hybridized carbons (Fsp3) is 1.00. The second-order valence-electron chi connectivity index (χ2n) is 5.03. The Morgan fingerprint density at radius 2 is 1.37 bits per heavy atom. The van der Waals surface area contributed by atoms with Crippen molar-refractivity contribution in [2.24, 2.45) is 0 Å². The molecule has 7 heteroatoms. The molecular weight excluding hydrogens is 303 g/mol. The maximum Gasteiger partial charge on any atom is 0.302 e. The molecule has 1 fully saturated rings.